The van der Waals surface area contributed by atoms with Crippen molar-refractivity contribution in [3.8, 4) is 0 Å². The van der Waals surface area contributed by atoms with Gasteiger partial charge < -0.3 is 48.4 Å². The number of H-pyrrole nitrogens is 2. The minimum Gasteiger partial charge on any atom is -0.463 e. The number of carbonyl (C=O) groups is 5. The summed E-state index contributed by atoms with van der Waals surface area (Å²) < 4.78 is 33.7. The molecule has 0 aliphatic carbocycles. The van der Waals surface area contributed by atoms with Crippen LogP contribution in [0.5, 0.6) is 0 Å². The van der Waals surface area contributed by atoms with Crippen LogP contribution in [-0.4, -0.2) is 117 Å². The van der Waals surface area contributed by atoms with E-state index in [0.29, 0.717) is 19.4 Å². The molecular weight excluding hydrogens is 851 g/mol. The first-order chi connectivity index (χ1) is 31.3. The van der Waals surface area contributed by atoms with Gasteiger partial charge >= 0.3 is 23.9 Å². The van der Waals surface area contributed by atoms with Crippen molar-refractivity contribution in [1.82, 2.24) is 24.8 Å². The second-order valence-electron chi connectivity index (χ2n) is 17.4. The molecule has 0 aromatic carbocycles. The van der Waals surface area contributed by atoms with Gasteiger partial charge in [-0.15, -0.1) is 0 Å². The van der Waals surface area contributed by atoms with Crippen LogP contribution in [0.25, 0.3) is 33.2 Å². The van der Waals surface area contributed by atoms with E-state index in [1.54, 1.807) is 11.9 Å². The third-order valence-electron chi connectivity index (χ3n) is 12.7. The molecule has 356 valence electrons. The summed E-state index contributed by atoms with van der Waals surface area (Å²) in [6.07, 6.45) is -4.50. The molecule has 3 aliphatic rings. The summed E-state index contributed by atoms with van der Waals surface area (Å²) in [5.41, 5.74) is 13.1. The number of hydrogen-bond donors (Lipinski definition) is 3. The highest BCUT2D eigenvalue weighted by Gasteiger charge is 2.52. The van der Waals surface area contributed by atoms with Crippen molar-refractivity contribution in [2.75, 3.05) is 26.8 Å². The van der Waals surface area contributed by atoms with Gasteiger partial charge in [-0.1, -0.05) is 13.8 Å². The number of aliphatic hydroxyl groups is 1. The second-order valence-corrected chi connectivity index (χ2v) is 17.4. The Hall–Kier alpha value is -5.91. The number of nitrogens with zero attached hydrogens (tertiary/aromatic N) is 3. The van der Waals surface area contributed by atoms with Gasteiger partial charge in [0.2, 0.25) is 5.91 Å². The van der Waals surface area contributed by atoms with E-state index in [9.17, 15) is 29.1 Å². The van der Waals surface area contributed by atoms with Crippen LogP contribution in [0.4, 0.5) is 0 Å². The monoisotopic (exact) mass is 913 g/mol. The smallest absolute Gasteiger partial charge is 0.303 e. The van der Waals surface area contributed by atoms with E-state index in [4.69, 9.17) is 38.4 Å². The van der Waals surface area contributed by atoms with E-state index in [2.05, 4.69) is 62.8 Å². The predicted octanol–water partition coefficient (Wildman–Crippen LogP) is 6.69. The number of aromatic amines is 2. The van der Waals surface area contributed by atoms with Gasteiger partial charge in [0.15, 0.2) is 24.6 Å². The molecule has 0 spiro atoms. The van der Waals surface area contributed by atoms with Crippen LogP contribution in [0.15, 0.2) is 24.3 Å². The summed E-state index contributed by atoms with van der Waals surface area (Å²) in [6, 6.07) is 8.31. The highest BCUT2D eigenvalue weighted by Crippen LogP contribution is 2.42. The molecule has 0 unspecified atom stereocenters. The predicted molar refractivity (Wildman–Crippen MR) is 244 cm³/mol. The summed E-state index contributed by atoms with van der Waals surface area (Å²) in [6.45, 7) is 17.0. The molecule has 6 heterocycles. The SMILES string of the molecule is CCC1=C(C)c2cc3[nH]c(cc4nc(c(C)c5cc(C)c(cc1n2)[nH]5)[C@@H](CCC(=O)N(C)CCCO[C@@H]1O[C@H](COC(C)=O)[C@@H](OC(C)=O)[C@H](OC(C)=O)[C@H]1OC(C)=O)[C@@H]4C)c(C)c3CO. The normalized spacial score (nSPS) is 21.6. The van der Waals surface area contributed by atoms with Crippen LogP contribution < -0.4 is 0 Å². The molecular formula is C49H63N5O12. The van der Waals surface area contributed by atoms with Gasteiger partial charge in [0.05, 0.1) is 24.6 Å². The molecule has 17 nitrogen and oxygen atoms in total. The third-order valence-corrected chi connectivity index (χ3v) is 12.7. The van der Waals surface area contributed by atoms with Gasteiger partial charge in [-0.05, 0) is 99.1 Å². The molecule has 7 atom stereocenters. The lowest BCUT2D eigenvalue weighted by Gasteiger charge is -2.44. The number of fused-ring (bicyclic) bond motifs is 8. The van der Waals surface area contributed by atoms with Crippen molar-refractivity contribution in [2.24, 2.45) is 0 Å². The quantitative estimate of drug-likeness (QED) is 0.0822. The Morgan fingerprint density at radius 1 is 0.788 bits per heavy atom. The molecule has 1 saturated heterocycles. The van der Waals surface area contributed by atoms with Crippen LogP contribution in [0.1, 0.15) is 131 Å². The number of carbonyl (C=O) groups excluding carboxylic acids is 5. The van der Waals surface area contributed by atoms with Crippen LogP contribution in [-0.2, 0) is 59.0 Å². The Morgan fingerprint density at radius 2 is 1.42 bits per heavy atom. The zero-order valence-corrected chi connectivity index (χ0v) is 39.8. The van der Waals surface area contributed by atoms with Gasteiger partial charge in [-0.2, -0.15) is 0 Å². The average molecular weight is 914 g/mol. The number of esters is 4. The van der Waals surface area contributed by atoms with Gasteiger partial charge in [-0.3, -0.25) is 29.0 Å². The average Bonchev–Trinajstić information content (AvgIpc) is 3.96. The molecule has 8 bridgehead atoms. The highest BCUT2D eigenvalue weighted by atomic mass is 16.7. The van der Waals surface area contributed by atoms with Crippen molar-refractivity contribution in [1.29, 1.82) is 0 Å². The summed E-state index contributed by atoms with van der Waals surface area (Å²) in [5, 5.41) is 10.5. The molecule has 1 fully saturated rings. The van der Waals surface area contributed by atoms with E-state index in [1.807, 2.05) is 13.0 Å². The van der Waals surface area contributed by atoms with Crippen molar-refractivity contribution in [3.63, 3.8) is 0 Å². The van der Waals surface area contributed by atoms with Crippen molar-refractivity contribution in [3.05, 3.63) is 69.3 Å². The topological polar surface area (TPSA) is 222 Å². The summed E-state index contributed by atoms with van der Waals surface area (Å²) >= 11 is 0. The van der Waals surface area contributed by atoms with Crippen LogP contribution in [0, 0.1) is 20.8 Å². The summed E-state index contributed by atoms with van der Waals surface area (Å²) in [7, 11) is 1.72. The summed E-state index contributed by atoms with van der Waals surface area (Å²) in [5.74, 6) is -3.04. The maximum atomic E-state index is 13.8. The molecule has 0 saturated carbocycles. The molecule has 6 rings (SSSR count). The number of amides is 1. The van der Waals surface area contributed by atoms with Crippen molar-refractivity contribution in [2.45, 2.75) is 144 Å². The van der Waals surface area contributed by atoms with Crippen molar-refractivity contribution >= 4 is 63.0 Å². The van der Waals surface area contributed by atoms with Gasteiger partial charge in [0, 0.05) is 98.6 Å². The molecule has 3 aliphatic heterocycles. The first kappa shape index (κ1) is 49.5. The minimum absolute atomic E-state index is 0.0249. The largest absolute Gasteiger partial charge is 0.463 e. The lowest BCUT2D eigenvalue weighted by atomic mass is 9.86. The number of rotatable bonds is 15. The number of aromatic nitrogens is 4. The molecule has 66 heavy (non-hydrogen) atoms. The third kappa shape index (κ3) is 11.0. The standard InChI is InChI=1S/C49H63N5O12/c1-12-33-25(3)39-21-42-35(22-55)27(5)38(52-42)20-40-26(4)34(45(53-40)28(6)37-18-24(2)36(50-37)19-41(33)51-39)14-15-44(60)54(11)16-13-17-61-49-48(65-32(10)59)47(64-31(9)58)46(63-30(8)57)43(66-49)23-62-29(7)56/h18-21,26,34,43,46-50,52,55H,12-17,22-23H2,1-11H3/t26-,34-,43+,46+,47-,48+,49+/m0/s1. The zero-order valence-electron chi connectivity index (χ0n) is 39.8. The second kappa shape index (κ2) is 21.2. The molecule has 3 aromatic rings. The van der Waals surface area contributed by atoms with E-state index < -0.39 is 54.6 Å². The van der Waals surface area contributed by atoms with Crippen LogP contribution >= 0.6 is 0 Å². The lowest BCUT2D eigenvalue weighted by Crippen LogP contribution is -2.63. The fraction of sp³-hybridized carbons (Fsp3) is 0.531. The Kier molecular flexibility index (Phi) is 15.9. The number of hydrogen-bond acceptors (Lipinski definition) is 14. The van der Waals surface area contributed by atoms with E-state index >= 15 is 0 Å². The number of aryl methyl sites for hydroxylation is 3. The Balaban J connectivity index is 1.21. The van der Waals surface area contributed by atoms with Gasteiger partial charge in [0.1, 0.15) is 12.7 Å². The molecule has 1 amide bonds. The van der Waals surface area contributed by atoms with Gasteiger partial charge in [-0.25, -0.2) is 4.98 Å². The van der Waals surface area contributed by atoms with E-state index in [-0.39, 0.29) is 44.0 Å². The molecule has 3 aromatic heterocycles. The molecule has 0 radical (unpaired) electrons. The zero-order chi connectivity index (χ0) is 48.1. The Bertz CT molecular complexity index is 2560. The number of allylic oxidation sites excluding steroid dienone is 2. The lowest BCUT2D eigenvalue weighted by molar-refractivity contribution is -0.308. The first-order valence-electron chi connectivity index (χ1n) is 22.5. The number of nitrogens with one attached hydrogen (secondary N) is 2. The first-order valence-corrected chi connectivity index (χ1v) is 22.5. The Morgan fingerprint density at radius 3 is 2.08 bits per heavy atom. The van der Waals surface area contributed by atoms with Crippen LogP contribution in [0.2, 0.25) is 0 Å². The summed E-state index contributed by atoms with van der Waals surface area (Å²) in [4.78, 5) is 81.2. The van der Waals surface area contributed by atoms with Crippen molar-refractivity contribution < 1.29 is 57.5 Å². The minimum atomic E-state index is -1.35. The molecule has 3 N–H and O–H groups in total. The van der Waals surface area contributed by atoms with E-state index in [0.717, 1.165) is 99.9 Å². The maximum Gasteiger partial charge on any atom is 0.303 e. The van der Waals surface area contributed by atoms with Gasteiger partial charge in [0.25, 0.3) is 0 Å². The Labute approximate surface area is 384 Å². The number of ether oxygens (including phenoxy) is 6. The number of aliphatic hydroxyl groups excluding tert-OH is 1. The highest BCUT2D eigenvalue weighted by molar-refractivity contribution is 5.93. The molecule has 17 heteroatoms. The van der Waals surface area contributed by atoms with Crippen LogP contribution in [0.3, 0.4) is 0 Å². The maximum absolute atomic E-state index is 13.8. The fourth-order valence-corrected chi connectivity index (χ4v) is 9.07. The fourth-order valence-electron chi connectivity index (χ4n) is 9.07. The van der Waals surface area contributed by atoms with E-state index in [1.165, 1.54) is 12.5 Å².